The van der Waals surface area contributed by atoms with E-state index in [0.29, 0.717) is 12.1 Å². The van der Waals surface area contributed by atoms with Crippen LogP contribution in [-0.2, 0) is 6.54 Å². The van der Waals surface area contributed by atoms with Crippen molar-refractivity contribution in [2.45, 2.75) is 38.8 Å². The molecule has 1 aliphatic rings. The van der Waals surface area contributed by atoms with Gasteiger partial charge < -0.3 is 5.32 Å². The molecule has 4 heteroatoms. The van der Waals surface area contributed by atoms with Gasteiger partial charge in [-0.3, -0.25) is 4.99 Å². The van der Waals surface area contributed by atoms with Gasteiger partial charge in [-0.25, -0.2) is 0 Å². The summed E-state index contributed by atoms with van der Waals surface area (Å²) in [6, 6.07) is 9.79. The standard InChI is InChI=1S/C15H19N3S/c1-3-15(4-2)11-19-14(18-15)17-10-13-7-5-6-12(8-13)9-16/h5-8H,3-4,10-11H2,1-2H3,(H,17,18). The van der Waals surface area contributed by atoms with Crippen LogP contribution in [-0.4, -0.2) is 16.5 Å². The van der Waals surface area contributed by atoms with Crippen LogP contribution in [0.2, 0.25) is 0 Å². The van der Waals surface area contributed by atoms with E-state index in [2.05, 4.69) is 30.2 Å². The van der Waals surface area contributed by atoms with E-state index in [4.69, 9.17) is 5.26 Å². The van der Waals surface area contributed by atoms with Crippen LogP contribution in [0.5, 0.6) is 0 Å². The van der Waals surface area contributed by atoms with Crippen LogP contribution in [0.3, 0.4) is 0 Å². The molecule has 3 nitrogen and oxygen atoms in total. The second-order valence-corrected chi connectivity index (χ2v) is 5.80. The summed E-state index contributed by atoms with van der Waals surface area (Å²) < 4.78 is 0. The minimum Gasteiger partial charge on any atom is -0.359 e. The quantitative estimate of drug-likeness (QED) is 0.915. The Hall–Kier alpha value is -1.47. The van der Waals surface area contributed by atoms with E-state index in [9.17, 15) is 0 Å². The van der Waals surface area contributed by atoms with Gasteiger partial charge in [-0.15, -0.1) is 0 Å². The van der Waals surface area contributed by atoms with Gasteiger partial charge in [0.25, 0.3) is 0 Å². The van der Waals surface area contributed by atoms with Gasteiger partial charge >= 0.3 is 0 Å². The zero-order chi connectivity index (χ0) is 13.7. The van der Waals surface area contributed by atoms with Crippen molar-refractivity contribution in [3.8, 4) is 6.07 Å². The number of nitrogens with zero attached hydrogens (tertiary/aromatic N) is 2. The maximum atomic E-state index is 8.87. The molecular weight excluding hydrogens is 254 g/mol. The van der Waals surface area contributed by atoms with Crippen molar-refractivity contribution in [3.63, 3.8) is 0 Å². The Kier molecular flexibility index (Phi) is 4.49. The predicted molar refractivity (Wildman–Crippen MR) is 81.2 cm³/mol. The SMILES string of the molecule is CCC1(CC)CSC(=NCc2cccc(C#N)c2)N1. The molecule has 100 valence electrons. The Morgan fingerprint density at radius 2 is 2.21 bits per heavy atom. The summed E-state index contributed by atoms with van der Waals surface area (Å²) in [6.07, 6.45) is 2.25. The topological polar surface area (TPSA) is 48.2 Å². The van der Waals surface area contributed by atoms with Crippen molar-refractivity contribution in [3.05, 3.63) is 35.4 Å². The zero-order valence-corrected chi connectivity index (χ0v) is 12.3. The normalized spacial score (nSPS) is 19.1. The predicted octanol–water partition coefficient (Wildman–Crippen LogP) is 3.31. The van der Waals surface area contributed by atoms with Gasteiger partial charge in [0.05, 0.1) is 18.2 Å². The molecule has 1 aliphatic heterocycles. The number of thioether (sulfide) groups is 1. The Morgan fingerprint density at radius 1 is 1.42 bits per heavy atom. The molecular formula is C15H19N3S. The molecule has 1 N–H and O–H groups in total. The van der Waals surface area contributed by atoms with Crippen molar-refractivity contribution >= 4 is 16.9 Å². The number of aliphatic imine (C=N–C) groups is 1. The number of nitrogens with one attached hydrogen (secondary N) is 1. The number of hydrogen-bond donors (Lipinski definition) is 1. The molecule has 1 aromatic carbocycles. The van der Waals surface area contributed by atoms with Crippen molar-refractivity contribution in [2.24, 2.45) is 4.99 Å². The number of rotatable bonds is 4. The maximum absolute atomic E-state index is 8.87. The second kappa shape index (κ2) is 6.12. The van der Waals surface area contributed by atoms with Gasteiger partial charge in [-0.05, 0) is 30.5 Å². The van der Waals surface area contributed by atoms with E-state index < -0.39 is 0 Å². The Balaban J connectivity index is 2.02. The lowest BCUT2D eigenvalue weighted by molar-refractivity contribution is 0.407. The highest BCUT2D eigenvalue weighted by Crippen LogP contribution is 2.29. The highest BCUT2D eigenvalue weighted by Gasteiger charge is 2.33. The van der Waals surface area contributed by atoms with Crippen LogP contribution in [0.1, 0.15) is 37.8 Å². The fourth-order valence-electron chi connectivity index (χ4n) is 2.12. The lowest BCUT2D eigenvalue weighted by atomic mass is 9.96. The molecule has 0 bridgehead atoms. The summed E-state index contributed by atoms with van der Waals surface area (Å²) >= 11 is 1.80. The van der Waals surface area contributed by atoms with Gasteiger partial charge in [0.1, 0.15) is 0 Å². The first-order valence-corrected chi connectivity index (χ1v) is 7.64. The summed E-state index contributed by atoms with van der Waals surface area (Å²) in [5, 5.41) is 13.5. The van der Waals surface area contributed by atoms with Crippen LogP contribution in [0.4, 0.5) is 0 Å². The molecule has 2 rings (SSSR count). The molecule has 0 amide bonds. The van der Waals surface area contributed by atoms with Crippen LogP contribution in [0.15, 0.2) is 29.3 Å². The van der Waals surface area contributed by atoms with Crippen LogP contribution < -0.4 is 5.32 Å². The third-order valence-electron chi connectivity index (χ3n) is 3.67. The Morgan fingerprint density at radius 3 is 2.84 bits per heavy atom. The van der Waals surface area contributed by atoms with Crippen molar-refractivity contribution in [2.75, 3.05) is 5.75 Å². The van der Waals surface area contributed by atoms with E-state index >= 15 is 0 Å². The van der Waals surface area contributed by atoms with E-state index in [-0.39, 0.29) is 5.54 Å². The van der Waals surface area contributed by atoms with Crippen LogP contribution in [0, 0.1) is 11.3 Å². The minimum atomic E-state index is 0.220. The minimum absolute atomic E-state index is 0.220. The molecule has 1 aromatic rings. The molecule has 0 aromatic heterocycles. The smallest absolute Gasteiger partial charge is 0.157 e. The molecule has 1 heterocycles. The molecule has 19 heavy (non-hydrogen) atoms. The molecule has 1 fully saturated rings. The first-order chi connectivity index (χ1) is 9.21. The lowest BCUT2D eigenvalue weighted by Crippen LogP contribution is -2.42. The molecule has 0 unspecified atom stereocenters. The highest BCUT2D eigenvalue weighted by atomic mass is 32.2. The summed E-state index contributed by atoms with van der Waals surface area (Å²) in [5.41, 5.74) is 2.00. The van der Waals surface area contributed by atoms with Crippen LogP contribution in [0.25, 0.3) is 0 Å². The van der Waals surface area contributed by atoms with E-state index in [1.165, 1.54) is 0 Å². The molecule has 0 spiro atoms. The number of hydrogen-bond acceptors (Lipinski definition) is 3. The molecule has 0 aliphatic carbocycles. The van der Waals surface area contributed by atoms with Crippen molar-refractivity contribution < 1.29 is 0 Å². The number of amidine groups is 1. The first-order valence-electron chi connectivity index (χ1n) is 6.66. The molecule has 0 saturated carbocycles. The van der Waals surface area contributed by atoms with Crippen molar-refractivity contribution in [1.82, 2.24) is 5.32 Å². The maximum Gasteiger partial charge on any atom is 0.157 e. The summed E-state index contributed by atoms with van der Waals surface area (Å²) in [4.78, 5) is 4.62. The van der Waals surface area contributed by atoms with Gasteiger partial charge in [-0.1, -0.05) is 37.7 Å². The van der Waals surface area contributed by atoms with Gasteiger partial charge in [-0.2, -0.15) is 5.26 Å². The highest BCUT2D eigenvalue weighted by molar-refractivity contribution is 8.14. The fourth-order valence-corrected chi connectivity index (χ4v) is 3.46. The van der Waals surface area contributed by atoms with Crippen LogP contribution >= 0.6 is 11.8 Å². The first kappa shape index (κ1) is 14.0. The fraction of sp³-hybridized carbons (Fsp3) is 0.467. The molecule has 0 radical (unpaired) electrons. The Bertz CT molecular complexity index is 512. The van der Waals surface area contributed by atoms with Gasteiger partial charge in [0, 0.05) is 11.3 Å². The van der Waals surface area contributed by atoms with Crippen molar-refractivity contribution in [1.29, 1.82) is 5.26 Å². The molecule has 0 atom stereocenters. The average Bonchev–Trinajstić information content (AvgIpc) is 2.90. The van der Waals surface area contributed by atoms with Gasteiger partial charge in [0.2, 0.25) is 0 Å². The number of benzene rings is 1. The third-order valence-corrected chi connectivity index (χ3v) is 4.87. The van der Waals surface area contributed by atoms with E-state index in [1.807, 2.05) is 24.3 Å². The Labute approximate surface area is 119 Å². The summed E-state index contributed by atoms with van der Waals surface area (Å²) in [6.45, 7) is 5.07. The monoisotopic (exact) mass is 273 g/mol. The number of nitriles is 1. The average molecular weight is 273 g/mol. The molecule has 1 saturated heterocycles. The third kappa shape index (κ3) is 3.30. The zero-order valence-electron chi connectivity index (χ0n) is 11.4. The second-order valence-electron chi connectivity index (χ2n) is 4.83. The van der Waals surface area contributed by atoms with E-state index in [0.717, 1.165) is 29.3 Å². The summed E-state index contributed by atoms with van der Waals surface area (Å²) in [5.74, 6) is 1.09. The summed E-state index contributed by atoms with van der Waals surface area (Å²) in [7, 11) is 0. The lowest BCUT2D eigenvalue weighted by Gasteiger charge is -2.25. The van der Waals surface area contributed by atoms with Gasteiger partial charge in [0.15, 0.2) is 5.17 Å². The van der Waals surface area contributed by atoms with E-state index in [1.54, 1.807) is 11.8 Å². The largest absolute Gasteiger partial charge is 0.359 e.